The highest BCUT2D eigenvalue weighted by molar-refractivity contribution is 5.94. The van der Waals surface area contributed by atoms with E-state index in [0.29, 0.717) is 12.5 Å². The fourth-order valence-electron chi connectivity index (χ4n) is 2.08. The predicted octanol–water partition coefficient (Wildman–Crippen LogP) is 4.06. The first kappa shape index (κ1) is 15.1. The second-order valence-electron chi connectivity index (χ2n) is 5.28. The normalized spacial score (nSPS) is 11.9. The van der Waals surface area contributed by atoms with Gasteiger partial charge >= 0.3 is 0 Å². The highest BCUT2D eigenvalue weighted by Gasteiger charge is 2.03. The summed E-state index contributed by atoms with van der Waals surface area (Å²) in [6.07, 6.45) is 1.14. The molecule has 0 fully saturated rings. The van der Waals surface area contributed by atoms with Gasteiger partial charge < -0.3 is 10.5 Å². The number of benzene rings is 2. The maximum absolute atomic E-state index is 7.36. The van der Waals surface area contributed by atoms with Crippen LogP contribution in [0.15, 0.2) is 48.5 Å². The van der Waals surface area contributed by atoms with Crippen molar-refractivity contribution in [2.75, 3.05) is 0 Å². The molecule has 3 nitrogen and oxygen atoms in total. The number of hydrogen-bond donors (Lipinski definition) is 2. The summed E-state index contributed by atoms with van der Waals surface area (Å²) in [7, 11) is 0. The second kappa shape index (κ2) is 6.93. The van der Waals surface area contributed by atoms with Crippen LogP contribution in [0.25, 0.3) is 0 Å². The van der Waals surface area contributed by atoms with Crippen LogP contribution in [-0.4, -0.2) is 5.84 Å². The Morgan fingerprint density at radius 3 is 2.24 bits per heavy atom. The third-order valence-corrected chi connectivity index (χ3v) is 3.73. The van der Waals surface area contributed by atoms with E-state index in [0.717, 1.165) is 23.3 Å². The largest absolute Gasteiger partial charge is 0.489 e. The van der Waals surface area contributed by atoms with Gasteiger partial charge in [0.25, 0.3) is 0 Å². The number of nitrogens with one attached hydrogen (secondary N) is 1. The predicted molar refractivity (Wildman–Crippen MR) is 86.9 cm³/mol. The van der Waals surface area contributed by atoms with Crippen LogP contribution in [0.5, 0.6) is 5.75 Å². The molecule has 1 atom stereocenters. The highest BCUT2D eigenvalue weighted by atomic mass is 16.5. The Balaban J connectivity index is 1.95. The van der Waals surface area contributed by atoms with Gasteiger partial charge in [0.1, 0.15) is 18.2 Å². The molecule has 0 heterocycles. The Hall–Kier alpha value is -2.29. The third kappa shape index (κ3) is 4.09. The molecule has 0 aliphatic heterocycles. The van der Waals surface area contributed by atoms with E-state index in [9.17, 15) is 0 Å². The van der Waals surface area contributed by atoms with Gasteiger partial charge in [0.05, 0.1) is 0 Å². The van der Waals surface area contributed by atoms with Gasteiger partial charge in [-0.15, -0.1) is 0 Å². The van der Waals surface area contributed by atoms with Crippen molar-refractivity contribution in [1.29, 1.82) is 5.41 Å². The number of rotatable bonds is 6. The summed E-state index contributed by atoms with van der Waals surface area (Å²) in [6.45, 7) is 4.94. The van der Waals surface area contributed by atoms with Crippen molar-refractivity contribution in [2.45, 2.75) is 32.8 Å². The van der Waals surface area contributed by atoms with Gasteiger partial charge in [-0.25, -0.2) is 0 Å². The van der Waals surface area contributed by atoms with E-state index < -0.39 is 0 Å². The lowest BCUT2D eigenvalue weighted by molar-refractivity contribution is 0.306. The minimum absolute atomic E-state index is 0.0862. The monoisotopic (exact) mass is 282 g/mol. The van der Waals surface area contributed by atoms with E-state index in [4.69, 9.17) is 15.9 Å². The van der Waals surface area contributed by atoms with Crippen molar-refractivity contribution in [3.05, 3.63) is 65.2 Å². The van der Waals surface area contributed by atoms with Crippen molar-refractivity contribution < 1.29 is 4.74 Å². The summed E-state index contributed by atoms with van der Waals surface area (Å²) >= 11 is 0. The number of ether oxygens (including phenoxy) is 1. The van der Waals surface area contributed by atoms with Gasteiger partial charge in [0.2, 0.25) is 0 Å². The Morgan fingerprint density at radius 1 is 1.10 bits per heavy atom. The molecular formula is C18H22N2O. The van der Waals surface area contributed by atoms with Gasteiger partial charge in [-0.3, -0.25) is 5.41 Å². The average molecular weight is 282 g/mol. The van der Waals surface area contributed by atoms with E-state index in [-0.39, 0.29) is 5.84 Å². The molecule has 0 spiro atoms. The minimum atomic E-state index is 0.0862. The van der Waals surface area contributed by atoms with Crippen LogP contribution >= 0.6 is 0 Å². The third-order valence-electron chi connectivity index (χ3n) is 3.73. The Kier molecular flexibility index (Phi) is 4.99. The van der Waals surface area contributed by atoms with Gasteiger partial charge in [-0.2, -0.15) is 0 Å². The summed E-state index contributed by atoms with van der Waals surface area (Å²) < 4.78 is 5.78. The second-order valence-corrected chi connectivity index (χ2v) is 5.28. The Morgan fingerprint density at radius 2 is 1.71 bits per heavy atom. The molecule has 110 valence electrons. The van der Waals surface area contributed by atoms with Crippen LogP contribution in [0.2, 0.25) is 0 Å². The summed E-state index contributed by atoms with van der Waals surface area (Å²) in [5.74, 6) is 1.54. The molecule has 2 rings (SSSR count). The van der Waals surface area contributed by atoms with Crippen LogP contribution in [-0.2, 0) is 6.61 Å². The molecule has 0 bridgehead atoms. The molecule has 0 aliphatic carbocycles. The van der Waals surface area contributed by atoms with E-state index >= 15 is 0 Å². The molecule has 0 saturated carbocycles. The maximum atomic E-state index is 7.36. The van der Waals surface area contributed by atoms with Crippen LogP contribution in [0, 0.1) is 5.41 Å². The van der Waals surface area contributed by atoms with E-state index in [1.54, 1.807) is 0 Å². The molecule has 0 amide bonds. The van der Waals surface area contributed by atoms with Crippen molar-refractivity contribution in [1.82, 2.24) is 0 Å². The van der Waals surface area contributed by atoms with Crippen molar-refractivity contribution >= 4 is 5.84 Å². The molecule has 2 aromatic carbocycles. The van der Waals surface area contributed by atoms with Crippen LogP contribution in [0.3, 0.4) is 0 Å². The van der Waals surface area contributed by atoms with Gasteiger partial charge in [-0.1, -0.05) is 50.2 Å². The van der Waals surface area contributed by atoms with Crippen molar-refractivity contribution in [3.8, 4) is 5.75 Å². The maximum Gasteiger partial charge on any atom is 0.122 e. The van der Waals surface area contributed by atoms with E-state index in [2.05, 4.69) is 26.0 Å². The molecule has 1 unspecified atom stereocenters. The fraction of sp³-hybridized carbons (Fsp3) is 0.278. The topological polar surface area (TPSA) is 59.1 Å². The Labute approximate surface area is 126 Å². The SMILES string of the molecule is CCC(C)c1ccc(OCc2ccc(C(=N)N)cc2)cc1. The zero-order valence-electron chi connectivity index (χ0n) is 12.6. The number of hydrogen-bond acceptors (Lipinski definition) is 2. The van der Waals surface area contributed by atoms with Gasteiger partial charge in [-0.05, 0) is 35.6 Å². The molecule has 0 aromatic heterocycles. The summed E-state index contributed by atoms with van der Waals surface area (Å²) in [6, 6.07) is 15.8. The zero-order valence-corrected chi connectivity index (χ0v) is 12.6. The van der Waals surface area contributed by atoms with E-state index in [1.807, 2.05) is 36.4 Å². The molecule has 0 aliphatic rings. The van der Waals surface area contributed by atoms with Crippen molar-refractivity contribution in [2.24, 2.45) is 5.73 Å². The number of nitrogen functional groups attached to an aromatic ring is 1. The summed E-state index contributed by atoms with van der Waals surface area (Å²) in [4.78, 5) is 0. The zero-order chi connectivity index (χ0) is 15.2. The van der Waals surface area contributed by atoms with Crippen molar-refractivity contribution in [3.63, 3.8) is 0 Å². The number of amidine groups is 1. The standard InChI is InChI=1S/C18H22N2O/c1-3-13(2)15-8-10-17(11-9-15)21-12-14-4-6-16(7-5-14)18(19)20/h4-11,13H,3,12H2,1-2H3,(H3,19,20). The molecule has 0 saturated heterocycles. The lowest BCUT2D eigenvalue weighted by Crippen LogP contribution is -2.10. The van der Waals surface area contributed by atoms with Gasteiger partial charge in [0.15, 0.2) is 0 Å². The first-order valence-corrected chi connectivity index (χ1v) is 7.26. The summed E-state index contributed by atoms with van der Waals surface area (Å²) in [5.41, 5.74) is 8.57. The van der Waals surface area contributed by atoms with Crippen LogP contribution in [0.1, 0.15) is 42.9 Å². The fourth-order valence-corrected chi connectivity index (χ4v) is 2.08. The molecule has 0 radical (unpaired) electrons. The minimum Gasteiger partial charge on any atom is -0.489 e. The van der Waals surface area contributed by atoms with E-state index in [1.165, 1.54) is 5.56 Å². The highest BCUT2D eigenvalue weighted by Crippen LogP contribution is 2.22. The molecule has 21 heavy (non-hydrogen) atoms. The molecular weight excluding hydrogens is 260 g/mol. The van der Waals surface area contributed by atoms with Gasteiger partial charge in [0, 0.05) is 5.56 Å². The molecule has 3 N–H and O–H groups in total. The lowest BCUT2D eigenvalue weighted by Gasteiger charge is -2.11. The van der Waals surface area contributed by atoms with Crippen LogP contribution < -0.4 is 10.5 Å². The average Bonchev–Trinajstić information content (AvgIpc) is 2.53. The smallest absolute Gasteiger partial charge is 0.122 e. The van der Waals surface area contributed by atoms with Crippen LogP contribution in [0.4, 0.5) is 0 Å². The first-order chi connectivity index (χ1) is 10.1. The Bertz CT molecular complexity index is 588. The lowest BCUT2D eigenvalue weighted by atomic mass is 9.99. The summed E-state index contributed by atoms with van der Waals surface area (Å²) in [5, 5.41) is 7.36. The quantitative estimate of drug-likeness (QED) is 0.620. The molecule has 2 aromatic rings. The number of nitrogens with two attached hydrogens (primary N) is 1. The molecule has 3 heteroatoms. The first-order valence-electron chi connectivity index (χ1n) is 7.26.